The van der Waals surface area contributed by atoms with Crippen molar-refractivity contribution >= 4 is 22.9 Å². The minimum absolute atomic E-state index is 0.378. The van der Waals surface area contributed by atoms with Crippen LogP contribution in [-0.4, -0.2) is 6.54 Å². The van der Waals surface area contributed by atoms with E-state index in [0.29, 0.717) is 6.04 Å². The number of nitrogens with one attached hydrogen (secondary N) is 1. The van der Waals surface area contributed by atoms with Crippen LogP contribution in [0.2, 0.25) is 5.02 Å². The Morgan fingerprint density at radius 3 is 2.83 bits per heavy atom. The summed E-state index contributed by atoms with van der Waals surface area (Å²) in [6, 6.07) is 10.9. The van der Waals surface area contributed by atoms with Gasteiger partial charge in [0, 0.05) is 6.04 Å². The fourth-order valence-electron chi connectivity index (χ4n) is 1.93. The van der Waals surface area contributed by atoms with E-state index in [9.17, 15) is 0 Å². The first-order chi connectivity index (χ1) is 8.72. The molecule has 0 aliphatic heterocycles. The van der Waals surface area contributed by atoms with E-state index in [1.165, 1.54) is 11.1 Å². The molecule has 3 heteroatoms. The van der Waals surface area contributed by atoms with E-state index in [0.717, 1.165) is 22.9 Å². The normalized spacial score (nSPS) is 12.6. The van der Waals surface area contributed by atoms with E-state index < -0.39 is 0 Å². The molecule has 2 aromatic rings. The highest BCUT2D eigenvalue weighted by atomic mass is 35.5. The summed E-state index contributed by atoms with van der Waals surface area (Å²) in [5.41, 5.74) is 2.52. The van der Waals surface area contributed by atoms with Crippen LogP contribution in [0.25, 0.3) is 10.4 Å². The smallest absolute Gasteiger partial charge is 0.0592 e. The second-order valence-corrected chi connectivity index (χ2v) is 5.72. The number of hydrogen-bond donors (Lipinski definition) is 1. The van der Waals surface area contributed by atoms with Gasteiger partial charge in [-0.25, -0.2) is 0 Å². The zero-order valence-electron chi connectivity index (χ0n) is 10.7. The Labute approximate surface area is 118 Å². The molecular weight excluding hydrogens is 262 g/mol. The number of benzene rings is 1. The van der Waals surface area contributed by atoms with Gasteiger partial charge in [0.05, 0.1) is 9.90 Å². The summed E-state index contributed by atoms with van der Waals surface area (Å²) in [6.45, 7) is 5.43. The molecule has 1 atom stereocenters. The molecule has 1 N–H and O–H groups in total. The van der Waals surface area contributed by atoms with E-state index in [-0.39, 0.29) is 0 Å². The predicted octanol–water partition coefficient (Wildman–Crippen LogP) is 5.13. The highest BCUT2D eigenvalue weighted by Gasteiger charge is 2.08. The van der Waals surface area contributed by atoms with E-state index in [4.69, 9.17) is 11.6 Å². The van der Waals surface area contributed by atoms with Crippen LogP contribution in [0.3, 0.4) is 0 Å². The van der Waals surface area contributed by atoms with Gasteiger partial charge in [0.1, 0.15) is 0 Å². The van der Waals surface area contributed by atoms with Gasteiger partial charge in [-0.2, -0.15) is 0 Å². The van der Waals surface area contributed by atoms with Crippen LogP contribution in [0.5, 0.6) is 0 Å². The van der Waals surface area contributed by atoms with Crippen molar-refractivity contribution in [2.45, 2.75) is 26.3 Å². The minimum atomic E-state index is 0.378. The van der Waals surface area contributed by atoms with E-state index in [2.05, 4.69) is 43.4 Å². The second kappa shape index (κ2) is 6.37. The summed E-state index contributed by atoms with van der Waals surface area (Å²) < 4.78 is 0. The molecule has 1 unspecified atom stereocenters. The largest absolute Gasteiger partial charge is 0.310 e. The molecule has 0 fully saturated rings. The molecule has 0 bridgehead atoms. The Morgan fingerprint density at radius 1 is 1.33 bits per heavy atom. The number of thiophene rings is 1. The monoisotopic (exact) mass is 279 g/mol. The molecule has 2 rings (SSSR count). The third kappa shape index (κ3) is 3.14. The molecule has 1 nitrogen and oxygen atoms in total. The zero-order valence-corrected chi connectivity index (χ0v) is 12.3. The first kappa shape index (κ1) is 13.6. The predicted molar refractivity (Wildman–Crippen MR) is 81.5 cm³/mol. The van der Waals surface area contributed by atoms with Crippen molar-refractivity contribution in [3.05, 3.63) is 46.3 Å². The Morgan fingerprint density at radius 2 is 2.17 bits per heavy atom. The van der Waals surface area contributed by atoms with Crippen molar-refractivity contribution in [3.63, 3.8) is 0 Å². The van der Waals surface area contributed by atoms with Crippen LogP contribution >= 0.6 is 22.9 Å². The molecule has 96 valence electrons. The van der Waals surface area contributed by atoms with Crippen molar-refractivity contribution in [2.75, 3.05) is 6.54 Å². The van der Waals surface area contributed by atoms with Gasteiger partial charge in [-0.15, -0.1) is 11.3 Å². The van der Waals surface area contributed by atoms with Gasteiger partial charge >= 0.3 is 0 Å². The van der Waals surface area contributed by atoms with Crippen LogP contribution in [0, 0.1) is 0 Å². The average molecular weight is 280 g/mol. The Bertz CT molecular complexity index is 507. The van der Waals surface area contributed by atoms with Gasteiger partial charge in [-0.1, -0.05) is 36.7 Å². The van der Waals surface area contributed by atoms with Crippen molar-refractivity contribution in [2.24, 2.45) is 0 Å². The highest BCUT2D eigenvalue weighted by molar-refractivity contribution is 7.14. The van der Waals surface area contributed by atoms with Crippen molar-refractivity contribution in [1.29, 1.82) is 0 Å². The lowest BCUT2D eigenvalue weighted by Gasteiger charge is -2.14. The minimum Gasteiger partial charge on any atom is -0.310 e. The molecule has 0 amide bonds. The third-order valence-corrected chi connectivity index (χ3v) is 4.36. The van der Waals surface area contributed by atoms with Crippen LogP contribution in [0.1, 0.15) is 31.9 Å². The fourth-order valence-corrected chi connectivity index (χ4v) is 3.09. The lowest BCUT2D eigenvalue weighted by molar-refractivity contribution is 0.571. The highest BCUT2D eigenvalue weighted by Crippen LogP contribution is 2.34. The maximum absolute atomic E-state index is 6.18. The summed E-state index contributed by atoms with van der Waals surface area (Å²) in [4.78, 5) is 1.15. The van der Waals surface area contributed by atoms with Gasteiger partial charge in [0.15, 0.2) is 0 Å². The quantitative estimate of drug-likeness (QED) is 0.800. The van der Waals surface area contributed by atoms with Crippen molar-refractivity contribution in [3.8, 4) is 10.4 Å². The lowest BCUT2D eigenvalue weighted by Crippen LogP contribution is -2.19. The Hall–Kier alpha value is -0.830. The number of halogens is 1. The molecule has 1 aromatic carbocycles. The van der Waals surface area contributed by atoms with Crippen LogP contribution in [-0.2, 0) is 0 Å². The molecule has 1 aromatic heterocycles. The first-order valence-corrected chi connectivity index (χ1v) is 7.55. The molecule has 0 aliphatic carbocycles. The van der Waals surface area contributed by atoms with E-state index in [1.807, 2.05) is 11.4 Å². The molecule has 0 spiro atoms. The standard InChI is InChI=1S/C15H18ClNS/c1-3-8-17-11(2)12-5-4-6-13(10-12)15-14(16)7-9-18-15/h4-7,9-11,17H,3,8H2,1-2H3. The number of rotatable bonds is 5. The Balaban J connectivity index is 2.22. The van der Waals surface area contributed by atoms with Crippen molar-refractivity contribution < 1.29 is 0 Å². The summed E-state index contributed by atoms with van der Waals surface area (Å²) in [6.07, 6.45) is 1.15. The zero-order chi connectivity index (χ0) is 13.0. The molecule has 18 heavy (non-hydrogen) atoms. The summed E-state index contributed by atoms with van der Waals surface area (Å²) in [5.74, 6) is 0. The summed E-state index contributed by atoms with van der Waals surface area (Å²) in [7, 11) is 0. The number of hydrogen-bond acceptors (Lipinski definition) is 2. The maximum Gasteiger partial charge on any atom is 0.0592 e. The van der Waals surface area contributed by atoms with Gasteiger partial charge in [0.2, 0.25) is 0 Å². The van der Waals surface area contributed by atoms with Crippen LogP contribution < -0.4 is 5.32 Å². The molecule has 1 heterocycles. The maximum atomic E-state index is 6.18. The van der Waals surface area contributed by atoms with Crippen molar-refractivity contribution in [1.82, 2.24) is 5.32 Å². The van der Waals surface area contributed by atoms with Gasteiger partial charge in [-0.05, 0) is 48.5 Å². The lowest BCUT2D eigenvalue weighted by atomic mass is 10.0. The molecule has 0 saturated carbocycles. The summed E-state index contributed by atoms with van der Waals surface area (Å²) >= 11 is 7.87. The third-order valence-electron chi connectivity index (χ3n) is 2.97. The molecule has 0 saturated heterocycles. The van der Waals surface area contributed by atoms with E-state index in [1.54, 1.807) is 11.3 Å². The topological polar surface area (TPSA) is 12.0 Å². The van der Waals surface area contributed by atoms with Crippen LogP contribution in [0.15, 0.2) is 35.7 Å². The second-order valence-electron chi connectivity index (χ2n) is 4.40. The molecular formula is C15H18ClNS. The fraction of sp³-hybridized carbons (Fsp3) is 0.333. The Kier molecular flexibility index (Phi) is 4.81. The van der Waals surface area contributed by atoms with Gasteiger partial charge < -0.3 is 5.32 Å². The van der Waals surface area contributed by atoms with Gasteiger partial charge in [-0.3, -0.25) is 0 Å². The molecule has 0 aliphatic rings. The van der Waals surface area contributed by atoms with Gasteiger partial charge in [0.25, 0.3) is 0 Å². The molecule has 0 radical (unpaired) electrons. The average Bonchev–Trinajstić information content (AvgIpc) is 2.82. The van der Waals surface area contributed by atoms with E-state index >= 15 is 0 Å². The first-order valence-electron chi connectivity index (χ1n) is 6.29. The van der Waals surface area contributed by atoms with Crippen LogP contribution in [0.4, 0.5) is 0 Å². The summed E-state index contributed by atoms with van der Waals surface area (Å²) in [5, 5.41) is 6.38. The SMILES string of the molecule is CCCNC(C)c1cccc(-c2sccc2Cl)c1.